The molecule has 0 bridgehead atoms. The minimum Gasteiger partial charge on any atom is -0.497 e. The fourth-order valence-corrected chi connectivity index (χ4v) is 1.52. The van der Waals surface area contributed by atoms with E-state index in [1.165, 1.54) is 6.08 Å². The van der Waals surface area contributed by atoms with Crippen molar-refractivity contribution in [2.45, 2.75) is 6.92 Å². The summed E-state index contributed by atoms with van der Waals surface area (Å²) in [6.45, 7) is 1.94. The topological polar surface area (TPSA) is 55.8 Å². The normalized spacial score (nSPS) is 11.1. The van der Waals surface area contributed by atoms with E-state index < -0.39 is 5.97 Å². The van der Waals surface area contributed by atoms with Crippen LogP contribution in [0.3, 0.4) is 0 Å². The van der Waals surface area contributed by atoms with Crippen molar-refractivity contribution in [2.75, 3.05) is 14.2 Å². The number of aryl methyl sites for hydroxylation is 1. The Bertz CT molecular complexity index is 487. The van der Waals surface area contributed by atoms with Crippen LogP contribution in [0.1, 0.15) is 11.1 Å². The molecule has 1 N–H and O–H groups in total. The molecule has 4 heteroatoms. The van der Waals surface area contributed by atoms with Gasteiger partial charge in [0.25, 0.3) is 0 Å². The van der Waals surface area contributed by atoms with Crippen molar-refractivity contribution < 1.29 is 19.4 Å². The lowest BCUT2D eigenvalue weighted by Gasteiger charge is -2.10. The lowest BCUT2D eigenvalue weighted by molar-refractivity contribution is -0.131. The molecule has 0 aliphatic carbocycles. The molecule has 0 amide bonds. The molecule has 0 saturated heterocycles. The average molecular weight is 248 g/mol. The maximum atomic E-state index is 10.3. The van der Waals surface area contributed by atoms with Gasteiger partial charge in [-0.05, 0) is 18.6 Å². The minimum absolute atomic E-state index is 0.687. The van der Waals surface area contributed by atoms with Gasteiger partial charge in [-0.25, -0.2) is 4.79 Å². The molecule has 0 aromatic heterocycles. The number of hydrogen-bond acceptors (Lipinski definition) is 3. The third-order valence-electron chi connectivity index (χ3n) is 2.39. The van der Waals surface area contributed by atoms with Crippen LogP contribution in [0.25, 0.3) is 6.08 Å². The first-order valence-electron chi connectivity index (χ1n) is 5.38. The van der Waals surface area contributed by atoms with Gasteiger partial charge in [-0.3, -0.25) is 0 Å². The molecule has 0 heterocycles. The van der Waals surface area contributed by atoms with Gasteiger partial charge in [-0.15, -0.1) is 0 Å². The zero-order valence-electron chi connectivity index (χ0n) is 10.6. The molecule has 0 spiro atoms. The first-order chi connectivity index (χ1) is 8.58. The monoisotopic (exact) mass is 248 g/mol. The van der Waals surface area contributed by atoms with Gasteiger partial charge >= 0.3 is 5.97 Å². The molecule has 0 aliphatic rings. The molecule has 0 atom stereocenters. The molecular formula is C14H16O4. The summed E-state index contributed by atoms with van der Waals surface area (Å²) in [5, 5.41) is 8.47. The van der Waals surface area contributed by atoms with Gasteiger partial charge in [0, 0.05) is 17.7 Å². The minimum atomic E-state index is -0.974. The van der Waals surface area contributed by atoms with Crippen molar-refractivity contribution >= 4 is 12.0 Å². The Morgan fingerprint density at radius 3 is 2.50 bits per heavy atom. The Hall–Kier alpha value is -2.23. The van der Waals surface area contributed by atoms with E-state index >= 15 is 0 Å². The van der Waals surface area contributed by atoms with Crippen LogP contribution in [-0.4, -0.2) is 25.3 Å². The molecule has 0 unspecified atom stereocenters. The van der Waals surface area contributed by atoms with Crippen molar-refractivity contribution in [1.82, 2.24) is 0 Å². The van der Waals surface area contributed by atoms with Gasteiger partial charge < -0.3 is 14.6 Å². The van der Waals surface area contributed by atoms with Gasteiger partial charge in [-0.1, -0.05) is 18.2 Å². The molecule has 4 nitrogen and oxygen atoms in total. The summed E-state index contributed by atoms with van der Waals surface area (Å²) in [6, 6.07) is 3.68. The molecule has 1 rings (SSSR count). The number of benzene rings is 1. The van der Waals surface area contributed by atoms with Crippen molar-refractivity contribution in [1.29, 1.82) is 0 Å². The van der Waals surface area contributed by atoms with E-state index in [-0.39, 0.29) is 0 Å². The van der Waals surface area contributed by atoms with Crippen LogP contribution in [0.2, 0.25) is 0 Å². The Balaban J connectivity index is 3.04. The summed E-state index contributed by atoms with van der Waals surface area (Å²) < 4.78 is 10.4. The average Bonchev–Trinajstić information content (AvgIpc) is 2.34. The number of methoxy groups -OCH3 is 2. The van der Waals surface area contributed by atoms with Gasteiger partial charge in [0.05, 0.1) is 14.2 Å². The summed E-state index contributed by atoms with van der Waals surface area (Å²) in [4.78, 5) is 10.3. The van der Waals surface area contributed by atoms with Crippen molar-refractivity contribution in [3.05, 3.63) is 41.5 Å². The summed E-state index contributed by atoms with van der Waals surface area (Å²) in [6.07, 6.45) is 5.99. The Morgan fingerprint density at radius 2 is 1.94 bits per heavy atom. The first-order valence-corrected chi connectivity index (χ1v) is 5.38. The predicted octanol–water partition coefficient (Wildman–Crippen LogP) is 2.67. The van der Waals surface area contributed by atoms with Crippen LogP contribution < -0.4 is 9.47 Å². The number of hydrogen-bond donors (Lipinski definition) is 1. The van der Waals surface area contributed by atoms with E-state index in [1.54, 1.807) is 32.4 Å². The van der Waals surface area contributed by atoms with Gasteiger partial charge in [0.1, 0.15) is 11.5 Å². The van der Waals surface area contributed by atoms with E-state index in [0.29, 0.717) is 5.75 Å². The van der Waals surface area contributed by atoms with Crippen molar-refractivity contribution in [2.24, 2.45) is 0 Å². The summed E-state index contributed by atoms with van der Waals surface area (Å²) >= 11 is 0. The third-order valence-corrected chi connectivity index (χ3v) is 2.39. The second-order valence-electron chi connectivity index (χ2n) is 3.62. The Kier molecular flexibility index (Phi) is 4.99. The Labute approximate surface area is 106 Å². The first kappa shape index (κ1) is 13.8. The van der Waals surface area contributed by atoms with E-state index in [9.17, 15) is 4.79 Å². The number of carbonyl (C=O) groups is 1. The van der Waals surface area contributed by atoms with Gasteiger partial charge in [0.15, 0.2) is 0 Å². The SMILES string of the molecule is COc1cc(C)c(/C=C/C=C/C(=O)O)c(OC)c1. The van der Waals surface area contributed by atoms with Crippen LogP contribution in [0, 0.1) is 6.92 Å². The largest absolute Gasteiger partial charge is 0.497 e. The number of rotatable bonds is 5. The number of carboxylic acids is 1. The second kappa shape index (κ2) is 6.49. The molecule has 0 fully saturated rings. The molecule has 96 valence electrons. The standard InChI is InChI=1S/C14H16O4/c1-10-8-11(17-2)9-13(18-3)12(10)6-4-5-7-14(15)16/h4-9H,1-3H3,(H,15,16)/b6-4+,7-5+. The van der Waals surface area contributed by atoms with Crippen LogP contribution in [0.15, 0.2) is 30.4 Å². The zero-order valence-corrected chi connectivity index (χ0v) is 10.6. The molecule has 0 saturated carbocycles. The van der Waals surface area contributed by atoms with Crippen LogP contribution in [-0.2, 0) is 4.79 Å². The fraction of sp³-hybridized carbons (Fsp3) is 0.214. The van der Waals surface area contributed by atoms with Crippen molar-refractivity contribution in [3.8, 4) is 11.5 Å². The van der Waals surface area contributed by atoms with Gasteiger partial charge in [-0.2, -0.15) is 0 Å². The fourth-order valence-electron chi connectivity index (χ4n) is 1.52. The second-order valence-corrected chi connectivity index (χ2v) is 3.62. The van der Waals surface area contributed by atoms with E-state index in [4.69, 9.17) is 14.6 Å². The highest BCUT2D eigenvalue weighted by atomic mass is 16.5. The number of carboxylic acid groups (broad SMARTS) is 1. The van der Waals surface area contributed by atoms with Crippen LogP contribution in [0.5, 0.6) is 11.5 Å². The van der Waals surface area contributed by atoms with Gasteiger partial charge in [0.2, 0.25) is 0 Å². The summed E-state index contributed by atoms with van der Waals surface area (Å²) in [5.74, 6) is 0.437. The maximum Gasteiger partial charge on any atom is 0.328 e. The van der Waals surface area contributed by atoms with Crippen LogP contribution >= 0.6 is 0 Å². The highest BCUT2D eigenvalue weighted by Crippen LogP contribution is 2.29. The lowest BCUT2D eigenvalue weighted by Crippen LogP contribution is -1.93. The molecule has 1 aromatic rings. The van der Waals surface area contributed by atoms with E-state index in [2.05, 4.69) is 0 Å². The molecule has 0 aliphatic heterocycles. The maximum absolute atomic E-state index is 10.3. The molecular weight excluding hydrogens is 232 g/mol. The molecule has 1 aromatic carbocycles. The number of aliphatic carboxylic acids is 1. The Morgan fingerprint density at radius 1 is 1.22 bits per heavy atom. The third kappa shape index (κ3) is 3.66. The molecule has 0 radical (unpaired) electrons. The van der Waals surface area contributed by atoms with E-state index in [0.717, 1.165) is 23.0 Å². The highest BCUT2D eigenvalue weighted by molar-refractivity contribution is 5.80. The summed E-state index contributed by atoms with van der Waals surface area (Å²) in [7, 11) is 3.18. The lowest BCUT2D eigenvalue weighted by atomic mass is 10.1. The smallest absolute Gasteiger partial charge is 0.328 e. The quantitative estimate of drug-likeness (QED) is 0.643. The van der Waals surface area contributed by atoms with Crippen LogP contribution in [0.4, 0.5) is 0 Å². The number of allylic oxidation sites excluding steroid dienone is 2. The van der Waals surface area contributed by atoms with E-state index in [1.807, 2.05) is 13.0 Å². The molecule has 18 heavy (non-hydrogen) atoms. The highest BCUT2D eigenvalue weighted by Gasteiger charge is 2.06. The van der Waals surface area contributed by atoms with Crippen molar-refractivity contribution in [3.63, 3.8) is 0 Å². The summed E-state index contributed by atoms with van der Waals surface area (Å²) in [5.41, 5.74) is 1.89. The predicted molar refractivity (Wildman–Crippen MR) is 70.1 cm³/mol. The number of ether oxygens (including phenoxy) is 2. The zero-order chi connectivity index (χ0) is 13.5.